The summed E-state index contributed by atoms with van der Waals surface area (Å²) in [5.74, 6) is 1.04. The molecule has 1 heterocycles. The summed E-state index contributed by atoms with van der Waals surface area (Å²) in [7, 11) is 1.88. The quantitative estimate of drug-likeness (QED) is 0.806. The molecule has 1 rings (SSSR count). The molecule has 0 aliphatic heterocycles. The summed E-state index contributed by atoms with van der Waals surface area (Å²) in [5.41, 5.74) is 0.106. The average Bonchev–Trinajstić information content (AvgIpc) is 2.75. The minimum atomic E-state index is 0.106. The average molecular weight is 237 g/mol. The predicted molar refractivity (Wildman–Crippen MR) is 68.7 cm³/mol. The lowest BCUT2D eigenvalue weighted by molar-refractivity contribution is -0.133. The molecule has 1 aromatic rings. The summed E-state index contributed by atoms with van der Waals surface area (Å²) in [6.07, 6.45) is 2.82. The van der Waals surface area contributed by atoms with Crippen LogP contribution in [0.4, 0.5) is 0 Å². The molecule has 1 aromatic heterocycles. The highest BCUT2D eigenvalue weighted by molar-refractivity contribution is 5.76. The van der Waals surface area contributed by atoms with Crippen LogP contribution in [-0.4, -0.2) is 23.9 Å². The van der Waals surface area contributed by atoms with Gasteiger partial charge in [-0.15, -0.1) is 0 Å². The zero-order chi connectivity index (χ0) is 13.1. The number of nitrogens with zero attached hydrogens (tertiary/aromatic N) is 1. The summed E-state index contributed by atoms with van der Waals surface area (Å²) in [4.78, 5) is 13.8. The van der Waals surface area contributed by atoms with Gasteiger partial charge in [0.05, 0.1) is 6.26 Å². The second-order valence-corrected chi connectivity index (χ2v) is 5.63. The minimum Gasteiger partial charge on any atom is -0.469 e. The Kier molecular flexibility index (Phi) is 4.38. The monoisotopic (exact) mass is 237 g/mol. The van der Waals surface area contributed by atoms with E-state index in [1.807, 2.05) is 24.1 Å². The van der Waals surface area contributed by atoms with Crippen molar-refractivity contribution in [1.82, 2.24) is 4.90 Å². The lowest BCUT2D eigenvalue weighted by Crippen LogP contribution is -2.43. The largest absolute Gasteiger partial charge is 0.469 e. The fraction of sp³-hybridized carbons (Fsp3) is 0.643. The second-order valence-electron chi connectivity index (χ2n) is 5.63. The van der Waals surface area contributed by atoms with E-state index in [-0.39, 0.29) is 17.4 Å². The molecule has 0 saturated heterocycles. The Morgan fingerprint density at radius 2 is 2.12 bits per heavy atom. The van der Waals surface area contributed by atoms with E-state index in [0.717, 1.165) is 5.76 Å². The normalized spacial score (nSPS) is 13.5. The lowest BCUT2D eigenvalue weighted by Gasteiger charge is -2.35. The van der Waals surface area contributed by atoms with E-state index in [4.69, 9.17) is 4.42 Å². The van der Waals surface area contributed by atoms with Gasteiger partial charge < -0.3 is 9.32 Å². The molecule has 0 aromatic carbocycles. The van der Waals surface area contributed by atoms with Crippen molar-refractivity contribution in [2.75, 3.05) is 7.05 Å². The van der Waals surface area contributed by atoms with Crippen molar-refractivity contribution in [2.45, 2.75) is 46.6 Å². The Morgan fingerprint density at radius 3 is 2.59 bits per heavy atom. The van der Waals surface area contributed by atoms with Gasteiger partial charge in [0.2, 0.25) is 5.91 Å². The molecule has 3 heteroatoms. The molecule has 0 fully saturated rings. The Balaban J connectivity index is 2.47. The zero-order valence-corrected chi connectivity index (χ0v) is 11.5. The Hall–Kier alpha value is -1.25. The first kappa shape index (κ1) is 13.8. The third-order valence-electron chi connectivity index (χ3n) is 3.39. The van der Waals surface area contributed by atoms with Crippen LogP contribution in [0, 0.1) is 5.41 Å². The minimum absolute atomic E-state index is 0.106. The molecule has 0 radical (unpaired) electrons. The van der Waals surface area contributed by atoms with Crippen LogP contribution < -0.4 is 0 Å². The molecule has 0 spiro atoms. The number of aryl methyl sites for hydroxylation is 1. The van der Waals surface area contributed by atoms with E-state index in [9.17, 15) is 4.79 Å². The molecular weight excluding hydrogens is 214 g/mol. The summed E-state index contributed by atoms with van der Waals surface area (Å²) < 4.78 is 5.22. The molecule has 96 valence electrons. The fourth-order valence-corrected chi connectivity index (χ4v) is 1.66. The maximum Gasteiger partial charge on any atom is 0.223 e. The van der Waals surface area contributed by atoms with Gasteiger partial charge in [-0.1, -0.05) is 20.8 Å². The van der Waals surface area contributed by atoms with Crippen molar-refractivity contribution in [3.63, 3.8) is 0 Å². The Bertz CT molecular complexity index is 349. The molecule has 0 bridgehead atoms. The number of furan rings is 1. The first-order valence-electron chi connectivity index (χ1n) is 6.10. The van der Waals surface area contributed by atoms with Gasteiger partial charge in [-0.3, -0.25) is 4.79 Å². The van der Waals surface area contributed by atoms with Gasteiger partial charge >= 0.3 is 0 Å². The summed E-state index contributed by atoms with van der Waals surface area (Å²) in [6.45, 7) is 8.53. The van der Waals surface area contributed by atoms with Crippen LogP contribution in [0.25, 0.3) is 0 Å². The Labute approximate surface area is 104 Å². The number of hydrogen-bond acceptors (Lipinski definition) is 2. The topological polar surface area (TPSA) is 33.5 Å². The van der Waals surface area contributed by atoms with E-state index in [1.165, 1.54) is 0 Å². The molecule has 0 aliphatic carbocycles. The van der Waals surface area contributed by atoms with Crippen molar-refractivity contribution in [2.24, 2.45) is 5.41 Å². The maximum atomic E-state index is 12.0. The highest BCUT2D eigenvalue weighted by atomic mass is 16.3. The van der Waals surface area contributed by atoms with Crippen LogP contribution in [0.1, 0.15) is 39.9 Å². The van der Waals surface area contributed by atoms with E-state index in [2.05, 4.69) is 27.7 Å². The van der Waals surface area contributed by atoms with E-state index < -0.39 is 0 Å². The second kappa shape index (κ2) is 5.39. The number of carbonyl (C=O) groups is 1. The highest BCUT2D eigenvalue weighted by Crippen LogP contribution is 2.23. The van der Waals surface area contributed by atoms with Crippen molar-refractivity contribution in [3.05, 3.63) is 24.2 Å². The van der Waals surface area contributed by atoms with Gasteiger partial charge in [0, 0.05) is 25.9 Å². The molecular formula is C14H23NO2. The maximum absolute atomic E-state index is 12.0. The number of carbonyl (C=O) groups excluding carboxylic acids is 1. The van der Waals surface area contributed by atoms with Crippen LogP contribution >= 0.6 is 0 Å². The molecule has 1 atom stereocenters. The lowest BCUT2D eigenvalue weighted by atomic mass is 9.87. The summed E-state index contributed by atoms with van der Waals surface area (Å²) >= 11 is 0. The van der Waals surface area contributed by atoms with Gasteiger partial charge in [-0.2, -0.15) is 0 Å². The molecule has 17 heavy (non-hydrogen) atoms. The van der Waals surface area contributed by atoms with Crippen molar-refractivity contribution < 1.29 is 9.21 Å². The molecule has 0 aliphatic rings. The Morgan fingerprint density at radius 1 is 1.47 bits per heavy atom. The van der Waals surface area contributed by atoms with Gasteiger partial charge in [0.25, 0.3) is 0 Å². The van der Waals surface area contributed by atoms with Crippen molar-refractivity contribution in [3.8, 4) is 0 Å². The number of hydrogen-bond donors (Lipinski definition) is 0. The van der Waals surface area contributed by atoms with Crippen molar-refractivity contribution in [1.29, 1.82) is 0 Å². The molecule has 1 unspecified atom stereocenters. The summed E-state index contributed by atoms with van der Waals surface area (Å²) in [5, 5.41) is 0. The third kappa shape index (κ3) is 3.91. The molecule has 3 nitrogen and oxygen atoms in total. The van der Waals surface area contributed by atoms with E-state index in [0.29, 0.717) is 12.8 Å². The molecule has 1 amide bonds. The van der Waals surface area contributed by atoms with Crippen LogP contribution in [0.3, 0.4) is 0 Å². The van der Waals surface area contributed by atoms with E-state index >= 15 is 0 Å². The first-order chi connectivity index (χ1) is 7.82. The highest BCUT2D eigenvalue weighted by Gasteiger charge is 2.26. The van der Waals surface area contributed by atoms with Crippen LogP contribution in [-0.2, 0) is 11.2 Å². The first-order valence-corrected chi connectivity index (χ1v) is 6.10. The smallest absolute Gasteiger partial charge is 0.223 e. The van der Waals surface area contributed by atoms with Crippen LogP contribution in [0.5, 0.6) is 0 Å². The van der Waals surface area contributed by atoms with Crippen molar-refractivity contribution >= 4 is 5.91 Å². The standard InChI is InChI=1S/C14H23NO2/c1-11(14(2,3)4)15(5)13(16)9-8-12-7-6-10-17-12/h6-7,10-11H,8-9H2,1-5H3. The van der Waals surface area contributed by atoms with Crippen LogP contribution in [0.15, 0.2) is 22.8 Å². The van der Waals surface area contributed by atoms with Gasteiger partial charge in [-0.25, -0.2) is 0 Å². The third-order valence-corrected chi connectivity index (χ3v) is 3.39. The number of rotatable bonds is 4. The van der Waals surface area contributed by atoms with E-state index in [1.54, 1.807) is 6.26 Å². The van der Waals surface area contributed by atoms with Crippen LogP contribution in [0.2, 0.25) is 0 Å². The van der Waals surface area contributed by atoms with Gasteiger partial charge in [0.15, 0.2) is 0 Å². The molecule has 0 saturated carbocycles. The number of amides is 1. The zero-order valence-electron chi connectivity index (χ0n) is 11.5. The van der Waals surface area contributed by atoms with Gasteiger partial charge in [-0.05, 0) is 24.5 Å². The predicted octanol–water partition coefficient (Wildman–Crippen LogP) is 3.11. The SMILES string of the molecule is CC(N(C)C(=O)CCc1ccco1)C(C)(C)C. The fourth-order valence-electron chi connectivity index (χ4n) is 1.66. The molecule has 0 N–H and O–H groups in total. The summed E-state index contributed by atoms with van der Waals surface area (Å²) in [6, 6.07) is 3.98. The van der Waals surface area contributed by atoms with Gasteiger partial charge in [0.1, 0.15) is 5.76 Å².